The van der Waals surface area contributed by atoms with Crippen molar-refractivity contribution in [3.63, 3.8) is 0 Å². The Morgan fingerprint density at radius 1 is 1.02 bits per heavy atom. The van der Waals surface area contributed by atoms with Gasteiger partial charge in [0.25, 0.3) is 5.91 Å². The summed E-state index contributed by atoms with van der Waals surface area (Å²) in [6.45, 7) is 0. The van der Waals surface area contributed by atoms with Gasteiger partial charge in [0, 0.05) is 52.6 Å². The molecule has 11 heteroatoms. The van der Waals surface area contributed by atoms with E-state index in [-0.39, 0.29) is 22.6 Å². The number of fused-ring (bicyclic) bond motifs is 2. The maximum atomic E-state index is 13.7. The van der Waals surface area contributed by atoms with Gasteiger partial charge in [-0.2, -0.15) is 0 Å². The molecule has 0 saturated heterocycles. The molecular weight excluding hydrogens is 579 g/mol. The predicted octanol–water partition coefficient (Wildman–Crippen LogP) is 6.86. The van der Waals surface area contributed by atoms with Crippen LogP contribution in [0.1, 0.15) is 10.4 Å². The lowest BCUT2D eigenvalue weighted by atomic mass is 10.0. The second-order valence-electron chi connectivity index (χ2n) is 9.81. The van der Waals surface area contributed by atoms with Crippen LogP contribution in [0.3, 0.4) is 0 Å². The van der Waals surface area contributed by atoms with Gasteiger partial charge in [-0.15, -0.1) is 0 Å². The summed E-state index contributed by atoms with van der Waals surface area (Å²) in [6, 6.07) is 21.9. The second-order valence-corrected chi connectivity index (χ2v) is 12.3. The molecule has 3 heterocycles. The van der Waals surface area contributed by atoms with Crippen LogP contribution in [0.4, 0.5) is 10.1 Å². The molecule has 0 saturated carbocycles. The molecule has 0 spiro atoms. The number of H-pyrrole nitrogens is 1. The number of aromatic nitrogens is 2. The number of amides is 1. The van der Waals surface area contributed by atoms with Crippen molar-refractivity contribution in [3.05, 3.63) is 95.3 Å². The average molecular weight is 603 g/mol. The molecule has 0 unspecified atom stereocenters. The van der Waals surface area contributed by atoms with Gasteiger partial charge in [-0.3, -0.25) is 9.10 Å². The smallest absolute Gasteiger partial charge is 0.255 e. The van der Waals surface area contributed by atoms with Crippen LogP contribution in [-0.4, -0.2) is 44.6 Å². The maximum Gasteiger partial charge on any atom is 0.255 e. The number of anilines is 1. The Bertz CT molecular complexity index is 2090. The van der Waals surface area contributed by atoms with Crippen molar-refractivity contribution in [1.82, 2.24) is 15.3 Å². The summed E-state index contributed by atoms with van der Waals surface area (Å²) in [5, 5.41) is 4.43. The summed E-state index contributed by atoms with van der Waals surface area (Å²) in [7, 11) is -0.805. The molecule has 0 radical (unpaired) electrons. The Kier molecular flexibility index (Phi) is 6.75. The number of nitrogens with zero attached hydrogens (tertiary/aromatic N) is 2. The van der Waals surface area contributed by atoms with Gasteiger partial charge in [0.15, 0.2) is 0 Å². The molecular formula is C31H24ClFN4O4S. The molecule has 2 N–H and O–H groups in total. The van der Waals surface area contributed by atoms with Crippen LogP contribution < -0.4 is 9.62 Å². The molecule has 6 aromatic rings. The van der Waals surface area contributed by atoms with E-state index in [1.807, 2.05) is 30.3 Å². The molecule has 1 amide bonds. The number of para-hydroxylation sites is 1. The summed E-state index contributed by atoms with van der Waals surface area (Å²) < 4.78 is 46.4. The molecule has 3 aromatic carbocycles. The number of benzene rings is 3. The molecule has 212 valence electrons. The van der Waals surface area contributed by atoms with Crippen LogP contribution >= 0.6 is 11.6 Å². The number of halogens is 2. The van der Waals surface area contributed by atoms with Crippen LogP contribution in [-0.2, 0) is 10.0 Å². The third-order valence-electron chi connectivity index (χ3n) is 7.08. The maximum absolute atomic E-state index is 13.7. The SMILES string of the molecule is CNC(=O)c1c(-c2ccc(F)cc2)oc2cc(N(C)S(C)(=O)=O)c(-c3cc(Cl)cc(-c4cc5ccccc5[nH]4)n3)cc12. The minimum atomic E-state index is -3.72. The van der Waals surface area contributed by atoms with E-state index in [0.29, 0.717) is 32.9 Å². The summed E-state index contributed by atoms with van der Waals surface area (Å²) in [5.41, 5.74) is 4.23. The van der Waals surface area contributed by atoms with Crippen LogP contribution in [0.2, 0.25) is 5.02 Å². The first kappa shape index (κ1) is 27.5. The van der Waals surface area contributed by atoms with E-state index in [0.717, 1.165) is 27.2 Å². The largest absolute Gasteiger partial charge is 0.455 e. The van der Waals surface area contributed by atoms with Gasteiger partial charge in [-0.05, 0) is 54.6 Å². The van der Waals surface area contributed by atoms with E-state index >= 15 is 0 Å². The third kappa shape index (κ3) is 4.88. The van der Waals surface area contributed by atoms with Gasteiger partial charge in [-0.1, -0.05) is 29.8 Å². The first-order chi connectivity index (χ1) is 20.0. The Morgan fingerprint density at radius 2 is 1.74 bits per heavy atom. The highest BCUT2D eigenvalue weighted by atomic mass is 35.5. The summed E-state index contributed by atoms with van der Waals surface area (Å²) in [6.07, 6.45) is 1.09. The molecule has 0 aliphatic heterocycles. The van der Waals surface area contributed by atoms with E-state index in [1.165, 1.54) is 38.4 Å². The second kappa shape index (κ2) is 10.3. The normalized spacial score (nSPS) is 11.7. The lowest BCUT2D eigenvalue weighted by molar-refractivity contribution is 0.0964. The van der Waals surface area contributed by atoms with Gasteiger partial charge in [-0.25, -0.2) is 17.8 Å². The van der Waals surface area contributed by atoms with Gasteiger partial charge < -0.3 is 14.7 Å². The van der Waals surface area contributed by atoms with Crippen molar-refractivity contribution >= 4 is 55.1 Å². The number of carbonyl (C=O) groups is 1. The Hall–Kier alpha value is -4.67. The molecule has 0 aliphatic carbocycles. The van der Waals surface area contributed by atoms with Crippen molar-refractivity contribution in [1.29, 1.82) is 0 Å². The number of hydrogen-bond acceptors (Lipinski definition) is 5. The van der Waals surface area contributed by atoms with Gasteiger partial charge in [0.1, 0.15) is 17.2 Å². The highest BCUT2D eigenvalue weighted by Crippen LogP contribution is 2.42. The fourth-order valence-corrected chi connectivity index (χ4v) is 5.63. The molecule has 0 fully saturated rings. The zero-order chi connectivity index (χ0) is 29.8. The first-order valence-corrected chi connectivity index (χ1v) is 15.0. The number of nitrogens with one attached hydrogen (secondary N) is 2. The van der Waals surface area contributed by atoms with E-state index in [2.05, 4.69) is 10.3 Å². The number of carbonyl (C=O) groups excluding carboxylic acids is 1. The van der Waals surface area contributed by atoms with Crippen molar-refractivity contribution in [2.45, 2.75) is 0 Å². The lowest BCUT2D eigenvalue weighted by Crippen LogP contribution is -2.25. The molecule has 0 bridgehead atoms. The number of hydrogen-bond donors (Lipinski definition) is 2. The van der Waals surface area contributed by atoms with Crippen molar-refractivity contribution in [2.24, 2.45) is 0 Å². The lowest BCUT2D eigenvalue weighted by Gasteiger charge is -2.20. The van der Waals surface area contributed by atoms with Gasteiger partial charge in [0.2, 0.25) is 10.0 Å². The van der Waals surface area contributed by atoms with Gasteiger partial charge in [0.05, 0.1) is 34.6 Å². The average Bonchev–Trinajstić information content (AvgIpc) is 3.57. The van der Waals surface area contributed by atoms with E-state index in [9.17, 15) is 17.6 Å². The molecule has 42 heavy (non-hydrogen) atoms. The van der Waals surface area contributed by atoms with Crippen molar-refractivity contribution < 1.29 is 22.0 Å². The summed E-state index contributed by atoms with van der Waals surface area (Å²) in [5.74, 6) is -0.651. The molecule has 0 aliphatic rings. The van der Waals surface area contributed by atoms with Crippen LogP contribution in [0.5, 0.6) is 0 Å². The van der Waals surface area contributed by atoms with Crippen LogP contribution in [0.15, 0.2) is 83.3 Å². The quantitative estimate of drug-likeness (QED) is 0.217. The van der Waals surface area contributed by atoms with Crippen LogP contribution in [0, 0.1) is 5.82 Å². The first-order valence-electron chi connectivity index (χ1n) is 12.8. The molecule has 3 aromatic heterocycles. The Labute approximate surface area is 245 Å². The zero-order valence-corrected chi connectivity index (χ0v) is 24.3. The zero-order valence-electron chi connectivity index (χ0n) is 22.7. The van der Waals surface area contributed by atoms with E-state index in [1.54, 1.807) is 24.3 Å². The standard InChI is InChI=1S/C31H24ClFN4O4S/c1-34-31(38)29-22-15-21(24-13-19(32)14-26(36-24)25-12-18-6-4-5-7-23(18)35-25)27(37(2)42(3,39)40)16-28(22)41-30(29)17-8-10-20(33)11-9-17/h4-16,35H,1-3H3,(H,34,38). The third-order valence-corrected chi connectivity index (χ3v) is 8.49. The molecule has 0 atom stereocenters. The fraction of sp³-hybridized carbons (Fsp3) is 0.0968. The van der Waals surface area contributed by atoms with E-state index in [4.69, 9.17) is 21.0 Å². The minimum Gasteiger partial charge on any atom is -0.455 e. The molecule has 8 nitrogen and oxygen atoms in total. The van der Waals surface area contributed by atoms with Crippen molar-refractivity contribution in [2.75, 3.05) is 24.7 Å². The van der Waals surface area contributed by atoms with Crippen molar-refractivity contribution in [3.8, 4) is 34.0 Å². The number of furan rings is 1. The Morgan fingerprint density at radius 3 is 2.43 bits per heavy atom. The molecule has 6 rings (SSSR count). The number of aromatic amines is 1. The summed E-state index contributed by atoms with van der Waals surface area (Å²) in [4.78, 5) is 21.4. The minimum absolute atomic E-state index is 0.215. The number of rotatable bonds is 6. The monoisotopic (exact) mass is 602 g/mol. The summed E-state index contributed by atoms with van der Waals surface area (Å²) >= 11 is 6.59. The number of pyridine rings is 1. The highest BCUT2D eigenvalue weighted by Gasteiger charge is 2.26. The van der Waals surface area contributed by atoms with E-state index < -0.39 is 21.7 Å². The van der Waals surface area contributed by atoms with Gasteiger partial charge >= 0.3 is 0 Å². The topological polar surface area (TPSA) is 108 Å². The predicted molar refractivity (Wildman–Crippen MR) is 164 cm³/mol. The Balaban J connectivity index is 1.63. The highest BCUT2D eigenvalue weighted by molar-refractivity contribution is 7.92. The fourth-order valence-electron chi connectivity index (χ4n) is 4.92. The van der Waals surface area contributed by atoms with Crippen LogP contribution in [0.25, 0.3) is 55.8 Å². The number of sulfonamides is 1.